The summed E-state index contributed by atoms with van der Waals surface area (Å²) in [6.07, 6.45) is 1.43. The molecule has 0 radical (unpaired) electrons. The van der Waals surface area contributed by atoms with Gasteiger partial charge in [0.05, 0.1) is 42.8 Å². The van der Waals surface area contributed by atoms with Gasteiger partial charge in [0.1, 0.15) is 11.8 Å². The summed E-state index contributed by atoms with van der Waals surface area (Å²) in [7, 11) is 1.27. The van der Waals surface area contributed by atoms with Crippen molar-refractivity contribution >= 4 is 34.4 Å². The first-order valence-electron chi connectivity index (χ1n) is 11.4. The van der Waals surface area contributed by atoms with E-state index in [9.17, 15) is 9.59 Å². The third kappa shape index (κ3) is 4.77. The summed E-state index contributed by atoms with van der Waals surface area (Å²) in [5, 5.41) is 0.470. The predicted octanol–water partition coefficient (Wildman–Crippen LogP) is 3.80. The number of nitrogens with zero attached hydrogens (tertiary/aromatic N) is 4. The molecule has 0 saturated carbocycles. The predicted molar refractivity (Wildman–Crippen MR) is 135 cm³/mol. The van der Waals surface area contributed by atoms with Crippen LogP contribution >= 0.6 is 11.6 Å². The molecule has 3 aromatic heterocycles. The Labute approximate surface area is 211 Å². The molecule has 186 valence electrons. The Morgan fingerprint density at radius 2 is 1.89 bits per heavy atom. The number of carbonyl (C=O) groups excluding carboxylic acids is 1. The Hall–Kier alpha value is -3.89. The lowest BCUT2D eigenvalue weighted by molar-refractivity contribution is -0.144. The zero-order valence-corrected chi connectivity index (χ0v) is 20.5. The molecule has 1 saturated heterocycles. The molecule has 1 aromatic carbocycles. The molecule has 5 rings (SSSR count). The average Bonchev–Trinajstić information content (AvgIpc) is 3.29. The third-order valence-electron chi connectivity index (χ3n) is 6.01. The maximum absolute atomic E-state index is 12.2. The molecule has 11 heteroatoms. The van der Waals surface area contributed by atoms with Crippen molar-refractivity contribution in [1.82, 2.24) is 19.5 Å². The molecule has 10 nitrogen and oxygen atoms in total. The number of esters is 1. The van der Waals surface area contributed by atoms with Crippen LogP contribution in [0.3, 0.4) is 0 Å². The number of fused-ring (bicyclic) bond motifs is 1. The van der Waals surface area contributed by atoms with Gasteiger partial charge in [0.25, 0.3) is 5.56 Å². The smallest absolute Gasteiger partial charge is 0.328 e. The normalized spacial score (nSPS) is 14.6. The number of rotatable bonds is 6. The summed E-state index contributed by atoms with van der Waals surface area (Å²) < 4.78 is 17.2. The molecule has 1 N–H and O–H groups in total. The standard InChI is InChI=1S/C25H24ClN5O5/c1-15(24(33)34-2)31-14-18(7-8-21(31)32)36-25-27-20-13-19(26)22(28-23(20)29-25)16-3-5-17(6-4-16)30-9-11-35-12-10-30/h3-8,13-15H,9-12H2,1-2H3,(H,27,28,29). The second-order valence-corrected chi connectivity index (χ2v) is 8.70. The van der Waals surface area contributed by atoms with Crippen LogP contribution in [-0.2, 0) is 14.3 Å². The number of hydrogen-bond acceptors (Lipinski definition) is 8. The fourth-order valence-corrected chi connectivity index (χ4v) is 4.30. The molecular formula is C25H24ClN5O5. The Balaban J connectivity index is 1.39. The molecule has 0 bridgehead atoms. The molecule has 4 aromatic rings. The number of anilines is 1. The summed E-state index contributed by atoms with van der Waals surface area (Å²) in [4.78, 5) is 38.4. The van der Waals surface area contributed by atoms with Gasteiger partial charge in [0.15, 0.2) is 5.65 Å². The highest BCUT2D eigenvalue weighted by atomic mass is 35.5. The van der Waals surface area contributed by atoms with Crippen LogP contribution in [0.15, 0.2) is 53.5 Å². The van der Waals surface area contributed by atoms with Gasteiger partial charge in [-0.25, -0.2) is 9.78 Å². The zero-order chi connectivity index (χ0) is 25.2. The molecule has 1 atom stereocenters. The van der Waals surface area contributed by atoms with Gasteiger partial charge in [-0.1, -0.05) is 23.7 Å². The number of morpholine rings is 1. The van der Waals surface area contributed by atoms with Crippen LogP contribution in [-0.4, -0.2) is 58.9 Å². The van der Waals surface area contributed by atoms with Crippen molar-refractivity contribution in [1.29, 1.82) is 0 Å². The highest BCUT2D eigenvalue weighted by Crippen LogP contribution is 2.31. The largest absolute Gasteiger partial charge is 0.467 e. The van der Waals surface area contributed by atoms with E-state index in [0.29, 0.717) is 27.6 Å². The second kappa shape index (κ2) is 10.00. The molecular weight excluding hydrogens is 486 g/mol. The molecule has 0 spiro atoms. The monoisotopic (exact) mass is 509 g/mol. The third-order valence-corrected chi connectivity index (χ3v) is 6.30. The number of pyridine rings is 2. The van der Waals surface area contributed by atoms with E-state index in [0.717, 1.165) is 37.6 Å². The van der Waals surface area contributed by atoms with Gasteiger partial charge in [-0.15, -0.1) is 0 Å². The minimum atomic E-state index is -0.806. The fourth-order valence-electron chi connectivity index (χ4n) is 4.04. The first-order chi connectivity index (χ1) is 17.4. The first-order valence-corrected chi connectivity index (χ1v) is 11.8. The van der Waals surface area contributed by atoms with Crippen LogP contribution in [0.4, 0.5) is 5.69 Å². The van der Waals surface area contributed by atoms with E-state index in [1.807, 2.05) is 24.3 Å². The SMILES string of the molecule is COC(=O)C(C)n1cc(Oc2nc3nc(-c4ccc(N5CCOCC5)cc4)c(Cl)cc3[nH]2)ccc1=O. The van der Waals surface area contributed by atoms with Crippen LogP contribution < -0.4 is 15.2 Å². The lowest BCUT2D eigenvalue weighted by Gasteiger charge is -2.28. The van der Waals surface area contributed by atoms with Crippen LogP contribution in [0.25, 0.3) is 22.4 Å². The molecule has 1 fully saturated rings. The van der Waals surface area contributed by atoms with Crippen molar-refractivity contribution in [2.45, 2.75) is 13.0 Å². The molecule has 36 heavy (non-hydrogen) atoms. The Bertz CT molecular complexity index is 1460. The summed E-state index contributed by atoms with van der Waals surface area (Å²) in [6, 6.07) is 12.0. The summed E-state index contributed by atoms with van der Waals surface area (Å²) >= 11 is 6.55. The van der Waals surface area contributed by atoms with E-state index in [1.54, 1.807) is 13.0 Å². The summed E-state index contributed by atoms with van der Waals surface area (Å²) in [5.74, 6) is -0.225. The number of hydrogen-bond donors (Lipinski definition) is 1. The Kier molecular flexibility index (Phi) is 6.62. The van der Waals surface area contributed by atoms with E-state index in [-0.39, 0.29) is 11.6 Å². The van der Waals surface area contributed by atoms with Crippen molar-refractivity contribution in [2.75, 3.05) is 38.3 Å². The number of benzene rings is 1. The second-order valence-electron chi connectivity index (χ2n) is 8.29. The number of halogens is 1. The average molecular weight is 510 g/mol. The van der Waals surface area contributed by atoms with Gasteiger partial charge in [0, 0.05) is 30.4 Å². The Morgan fingerprint density at radius 3 is 2.61 bits per heavy atom. The number of H-pyrrole nitrogens is 1. The van der Waals surface area contributed by atoms with Gasteiger partial charge in [-0.3, -0.25) is 9.36 Å². The van der Waals surface area contributed by atoms with Crippen molar-refractivity contribution in [3.63, 3.8) is 0 Å². The minimum Gasteiger partial charge on any atom is -0.467 e. The highest BCUT2D eigenvalue weighted by Gasteiger charge is 2.18. The molecule has 0 aliphatic carbocycles. The maximum atomic E-state index is 12.2. The van der Waals surface area contributed by atoms with Gasteiger partial charge in [-0.2, -0.15) is 4.98 Å². The Morgan fingerprint density at radius 1 is 1.14 bits per heavy atom. The van der Waals surface area contributed by atoms with E-state index < -0.39 is 12.0 Å². The quantitative estimate of drug-likeness (QED) is 0.391. The van der Waals surface area contributed by atoms with Crippen molar-refractivity contribution in [2.24, 2.45) is 0 Å². The molecule has 0 amide bonds. The van der Waals surface area contributed by atoms with Gasteiger partial charge in [0.2, 0.25) is 0 Å². The fraction of sp³-hybridized carbons (Fsp3) is 0.280. The van der Waals surface area contributed by atoms with Crippen molar-refractivity contribution in [3.05, 3.63) is 64.0 Å². The van der Waals surface area contributed by atoms with Gasteiger partial charge >= 0.3 is 12.0 Å². The highest BCUT2D eigenvalue weighted by molar-refractivity contribution is 6.33. The van der Waals surface area contributed by atoms with Crippen molar-refractivity contribution in [3.8, 4) is 23.0 Å². The maximum Gasteiger partial charge on any atom is 0.328 e. The van der Waals surface area contributed by atoms with Crippen molar-refractivity contribution < 1.29 is 19.0 Å². The summed E-state index contributed by atoms with van der Waals surface area (Å²) in [6.45, 7) is 4.74. The van der Waals surface area contributed by atoms with E-state index in [2.05, 4.69) is 19.9 Å². The van der Waals surface area contributed by atoms with E-state index in [4.69, 9.17) is 25.8 Å². The molecule has 1 aliphatic rings. The van der Waals surface area contributed by atoms with Crippen LogP contribution in [0.2, 0.25) is 5.02 Å². The zero-order valence-electron chi connectivity index (χ0n) is 19.7. The summed E-state index contributed by atoms with van der Waals surface area (Å²) in [5.41, 5.74) is 3.27. The number of imidazole rings is 1. The lowest BCUT2D eigenvalue weighted by Crippen LogP contribution is -2.36. The van der Waals surface area contributed by atoms with Crippen LogP contribution in [0, 0.1) is 0 Å². The van der Waals surface area contributed by atoms with Gasteiger partial charge < -0.3 is 24.1 Å². The lowest BCUT2D eigenvalue weighted by atomic mass is 10.1. The van der Waals surface area contributed by atoms with Crippen LogP contribution in [0.1, 0.15) is 13.0 Å². The number of nitrogens with one attached hydrogen (secondary N) is 1. The topological polar surface area (TPSA) is 112 Å². The number of aromatic amines is 1. The molecule has 1 unspecified atom stereocenters. The number of methoxy groups -OCH3 is 1. The van der Waals surface area contributed by atoms with E-state index >= 15 is 0 Å². The molecule has 4 heterocycles. The number of carbonyl (C=O) groups is 1. The minimum absolute atomic E-state index is 0.171. The molecule has 1 aliphatic heterocycles. The first kappa shape index (κ1) is 23.8. The van der Waals surface area contributed by atoms with Gasteiger partial charge in [-0.05, 0) is 31.2 Å². The van der Waals surface area contributed by atoms with E-state index in [1.165, 1.54) is 30.0 Å². The number of ether oxygens (including phenoxy) is 3. The van der Waals surface area contributed by atoms with Crippen LogP contribution in [0.5, 0.6) is 11.8 Å². The number of aromatic nitrogens is 4.